The second-order valence-electron chi connectivity index (χ2n) is 6.76. The van der Waals surface area contributed by atoms with Crippen molar-refractivity contribution in [2.45, 2.75) is 45.1 Å². The summed E-state index contributed by atoms with van der Waals surface area (Å²) in [7, 11) is 0. The Kier molecular flexibility index (Phi) is 7.25. The number of primary amides is 1. The van der Waals surface area contributed by atoms with E-state index in [2.05, 4.69) is 34.5 Å². The third kappa shape index (κ3) is 6.32. The maximum atomic E-state index is 12.0. The number of hydrogen-bond acceptors (Lipinski definition) is 3. The lowest BCUT2D eigenvalue weighted by atomic mass is 10.0. The molecule has 0 saturated carbocycles. The average Bonchev–Trinajstić information content (AvgIpc) is 2.60. The van der Waals surface area contributed by atoms with Crippen LogP contribution in [0.15, 0.2) is 30.3 Å². The number of likely N-dealkylation sites (tertiary alicyclic amines) is 1. The van der Waals surface area contributed by atoms with Gasteiger partial charge in [-0.3, -0.25) is 9.59 Å². The molecule has 0 spiro atoms. The van der Waals surface area contributed by atoms with Crippen LogP contribution in [-0.4, -0.2) is 42.4 Å². The Morgan fingerprint density at radius 1 is 1.25 bits per heavy atom. The van der Waals surface area contributed by atoms with E-state index in [1.807, 2.05) is 6.07 Å². The summed E-state index contributed by atoms with van der Waals surface area (Å²) >= 11 is 0. The highest BCUT2D eigenvalue weighted by Crippen LogP contribution is 2.12. The minimum Gasteiger partial charge on any atom is -0.369 e. The Morgan fingerprint density at radius 3 is 2.54 bits per heavy atom. The van der Waals surface area contributed by atoms with Gasteiger partial charge in [-0.1, -0.05) is 37.3 Å². The van der Waals surface area contributed by atoms with Crippen molar-refractivity contribution >= 4 is 11.8 Å². The molecule has 5 nitrogen and oxygen atoms in total. The predicted molar refractivity (Wildman–Crippen MR) is 95.3 cm³/mol. The molecule has 0 aliphatic carbocycles. The van der Waals surface area contributed by atoms with E-state index >= 15 is 0 Å². The lowest BCUT2D eigenvalue weighted by Gasteiger charge is -2.32. The van der Waals surface area contributed by atoms with Gasteiger partial charge < -0.3 is 16.0 Å². The first-order valence-corrected chi connectivity index (χ1v) is 8.89. The second kappa shape index (κ2) is 9.42. The Labute approximate surface area is 144 Å². The van der Waals surface area contributed by atoms with Gasteiger partial charge in [0.15, 0.2) is 0 Å². The molecule has 1 aliphatic rings. The van der Waals surface area contributed by atoms with E-state index < -0.39 is 0 Å². The van der Waals surface area contributed by atoms with E-state index in [0.29, 0.717) is 12.8 Å². The van der Waals surface area contributed by atoms with Crippen molar-refractivity contribution in [2.75, 3.05) is 19.6 Å². The van der Waals surface area contributed by atoms with Crippen molar-refractivity contribution in [3.63, 3.8) is 0 Å². The maximum Gasteiger partial charge on any atom is 0.220 e. The highest BCUT2D eigenvalue weighted by molar-refractivity contribution is 5.79. The van der Waals surface area contributed by atoms with Gasteiger partial charge in [0, 0.05) is 38.0 Å². The number of piperidine rings is 1. The Bertz CT molecular complexity index is 525. The number of nitrogens with two attached hydrogens (primary N) is 1. The van der Waals surface area contributed by atoms with Gasteiger partial charge in [0.1, 0.15) is 0 Å². The number of carbonyl (C=O) groups is 2. The van der Waals surface area contributed by atoms with Gasteiger partial charge in [-0.25, -0.2) is 0 Å². The molecule has 1 aromatic rings. The van der Waals surface area contributed by atoms with E-state index in [1.165, 1.54) is 5.56 Å². The number of carbonyl (C=O) groups excluding carboxylic acids is 2. The fourth-order valence-corrected chi connectivity index (χ4v) is 3.02. The first kappa shape index (κ1) is 18.5. The van der Waals surface area contributed by atoms with Gasteiger partial charge in [-0.05, 0) is 31.2 Å². The van der Waals surface area contributed by atoms with Gasteiger partial charge >= 0.3 is 0 Å². The van der Waals surface area contributed by atoms with Crippen LogP contribution in [0.3, 0.4) is 0 Å². The van der Waals surface area contributed by atoms with E-state index in [0.717, 1.165) is 38.9 Å². The summed E-state index contributed by atoms with van der Waals surface area (Å²) in [4.78, 5) is 25.4. The Balaban J connectivity index is 1.62. The summed E-state index contributed by atoms with van der Waals surface area (Å²) in [6.45, 7) is 4.88. The molecule has 1 atom stereocenters. The predicted octanol–water partition coefficient (Wildman–Crippen LogP) is 1.71. The molecule has 1 aromatic carbocycles. The van der Waals surface area contributed by atoms with Crippen molar-refractivity contribution in [1.82, 2.24) is 10.2 Å². The third-order valence-corrected chi connectivity index (χ3v) is 4.80. The second-order valence-corrected chi connectivity index (χ2v) is 6.76. The topological polar surface area (TPSA) is 75.4 Å². The molecule has 1 heterocycles. The Morgan fingerprint density at radius 2 is 1.92 bits per heavy atom. The smallest absolute Gasteiger partial charge is 0.220 e. The summed E-state index contributed by atoms with van der Waals surface area (Å²) < 4.78 is 0. The molecule has 0 bridgehead atoms. The monoisotopic (exact) mass is 331 g/mol. The van der Waals surface area contributed by atoms with Gasteiger partial charge in [-0.2, -0.15) is 0 Å². The zero-order valence-corrected chi connectivity index (χ0v) is 14.5. The fourth-order valence-electron chi connectivity index (χ4n) is 3.02. The van der Waals surface area contributed by atoms with Crippen LogP contribution in [0.4, 0.5) is 0 Å². The first-order chi connectivity index (χ1) is 11.5. The number of benzene rings is 1. The largest absolute Gasteiger partial charge is 0.369 e. The van der Waals surface area contributed by atoms with E-state index in [-0.39, 0.29) is 23.8 Å². The minimum atomic E-state index is -0.338. The highest BCUT2D eigenvalue weighted by Gasteiger charge is 2.21. The van der Waals surface area contributed by atoms with Crippen molar-refractivity contribution in [1.29, 1.82) is 0 Å². The summed E-state index contributed by atoms with van der Waals surface area (Å²) in [5.41, 5.74) is 6.59. The van der Waals surface area contributed by atoms with E-state index in [4.69, 9.17) is 5.73 Å². The zero-order valence-electron chi connectivity index (χ0n) is 14.5. The summed E-state index contributed by atoms with van der Waals surface area (Å²) in [5.74, 6) is -0.545. The van der Waals surface area contributed by atoms with Gasteiger partial charge in [0.2, 0.25) is 11.8 Å². The zero-order chi connectivity index (χ0) is 17.4. The van der Waals surface area contributed by atoms with Crippen molar-refractivity contribution in [3.8, 4) is 0 Å². The summed E-state index contributed by atoms with van der Waals surface area (Å²) in [6, 6.07) is 10.8. The van der Waals surface area contributed by atoms with E-state index in [1.54, 1.807) is 6.92 Å². The highest BCUT2D eigenvalue weighted by atomic mass is 16.2. The number of amides is 2. The molecule has 0 unspecified atom stereocenters. The quantitative estimate of drug-likeness (QED) is 0.761. The molecule has 132 valence electrons. The van der Waals surface area contributed by atoms with Crippen molar-refractivity contribution in [2.24, 2.45) is 11.7 Å². The SMILES string of the molecule is C[C@@H](CCC(=O)NC1CCN(CCc2ccccc2)CC1)C(N)=O. The molecule has 1 aliphatic heterocycles. The Hall–Kier alpha value is -1.88. The van der Waals surface area contributed by atoms with Gasteiger partial charge in [0.25, 0.3) is 0 Å². The van der Waals surface area contributed by atoms with Crippen LogP contribution in [0.1, 0.15) is 38.2 Å². The minimum absolute atomic E-state index is 0.0332. The van der Waals surface area contributed by atoms with Crippen LogP contribution in [0.25, 0.3) is 0 Å². The maximum absolute atomic E-state index is 12.0. The molecule has 0 aromatic heterocycles. The van der Waals surface area contributed by atoms with Gasteiger partial charge in [0.05, 0.1) is 0 Å². The van der Waals surface area contributed by atoms with E-state index in [9.17, 15) is 9.59 Å². The van der Waals surface area contributed by atoms with Crippen molar-refractivity contribution < 1.29 is 9.59 Å². The lowest BCUT2D eigenvalue weighted by molar-refractivity contribution is -0.123. The number of hydrogen-bond donors (Lipinski definition) is 2. The van der Waals surface area contributed by atoms with Crippen LogP contribution in [0.2, 0.25) is 0 Å². The van der Waals surface area contributed by atoms with Crippen LogP contribution < -0.4 is 11.1 Å². The lowest BCUT2D eigenvalue weighted by Crippen LogP contribution is -2.45. The molecule has 2 amide bonds. The summed E-state index contributed by atoms with van der Waals surface area (Å²) in [5, 5.41) is 3.09. The van der Waals surface area contributed by atoms with Crippen LogP contribution >= 0.6 is 0 Å². The molecule has 2 rings (SSSR count). The summed E-state index contributed by atoms with van der Waals surface area (Å²) in [6.07, 6.45) is 3.95. The average molecular weight is 331 g/mol. The molecule has 1 fully saturated rings. The molecular formula is C19H29N3O2. The number of nitrogens with one attached hydrogen (secondary N) is 1. The molecule has 0 radical (unpaired) electrons. The normalized spacial score (nSPS) is 17.4. The van der Waals surface area contributed by atoms with Crippen LogP contribution in [0.5, 0.6) is 0 Å². The molecule has 24 heavy (non-hydrogen) atoms. The molecule has 3 N–H and O–H groups in total. The molecule has 1 saturated heterocycles. The van der Waals surface area contributed by atoms with Crippen molar-refractivity contribution in [3.05, 3.63) is 35.9 Å². The van der Waals surface area contributed by atoms with Crippen LogP contribution in [-0.2, 0) is 16.0 Å². The molecular weight excluding hydrogens is 302 g/mol. The number of nitrogens with zero attached hydrogens (tertiary/aromatic N) is 1. The fraction of sp³-hybridized carbons (Fsp3) is 0.579. The first-order valence-electron chi connectivity index (χ1n) is 8.89. The number of rotatable bonds is 8. The standard InChI is InChI=1S/C19H29N3O2/c1-15(19(20)24)7-8-18(23)21-17-10-13-22(14-11-17)12-9-16-5-3-2-4-6-16/h2-6,15,17H,7-14H2,1H3,(H2,20,24)(H,21,23)/t15-/m0/s1. The third-order valence-electron chi connectivity index (χ3n) is 4.80. The van der Waals surface area contributed by atoms with Crippen LogP contribution in [0, 0.1) is 5.92 Å². The molecule has 5 heteroatoms. The van der Waals surface area contributed by atoms with Gasteiger partial charge in [-0.15, -0.1) is 0 Å².